The van der Waals surface area contributed by atoms with Gasteiger partial charge in [0.15, 0.2) is 0 Å². The molecule has 2 saturated heterocycles. The molecule has 1 aromatic carbocycles. The molecule has 8 heteroatoms. The van der Waals surface area contributed by atoms with Crippen molar-refractivity contribution in [2.45, 2.75) is 12.8 Å². The van der Waals surface area contributed by atoms with Gasteiger partial charge in [0.05, 0.1) is 18.1 Å². The minimum atomic E-state index is -0.309. The highest BCUT2D eigenvalue weighted by molar-refractivity contribution is 6.32. The summed E-state index contributed by atoms with van der Waals surface area (Å²) in [6.45, 7) is 4.48. The first-order chi connectivity index (χ1) is 15.0. The van der Waals surface area contributed by atoms with Crippen molar-refractivity contribution < 1.29 is 14.3 Å². The molecule has 4 rings (SSSR count). The second-order valence-corrected chi connectivity index (χ2v) is 8.40. The maximum atomic E-state index is 13.1. The third kappa shape index (κ3) is 4.99. The van der Waals surface area contributed by atoms with Crippen molar-refractivity contribution in [1.29, 1.82) is 0 Å². The summed E-state index contributed by atoms with van der Waals surface area (Å²) in [7, 11) is 1.55. The Hall–Kier alpha value is -2.64. The third-order valence-electron chi connectivity index (χ3n) is 6.07. The van der Waals surface area contributed by atoms with Crippen molar-refractivity contribution >= 4 is 29.1 Å². The zero-order chi connectivity index (χ0) is 21.8. The van der Waals surface area contributed by atoms with Gasteiger partial charge in [-0.05, 0) is 42.3 Å². The monoisotopic (exact) mass is 442 g/mol. The summed E-state index contributed by atoms with van der Waals surface area (Å²) < 4.78 is 5.18. The van der Waals surface area contributed by atoms with Gasteiger partial charge in [0.1, 0.15) is 5.75 Å². The largest absolute Gasteiger partial charge is 0.495 e. The Morgan fingerprint density at radius 3 is 2.58 bits per heavy atom. The number of aromatic nitrogens is 1. The minimum absolute atomic E-state index is 0.0458. The molecule has 2 amide bonds. The zero-order valence-electron chi connectivity index (χ0n) is 17.7. The van der Waals surface area contributed by atoms with Crippen LogP contribution in [0.1, 0.15) is 12.0 Å². The molecule has 0 aliphatic carbocycles. The lowest BCUT2D eigenvalue weighted by Gasteiger charge is -2.35. The van der Waals surface area contributed by atoms with Gasteiger partial charge in [-0.25, -0.2) is 0 Å². The molecule has 0 spiro atoms. The van der Waals surface area contributed by atoms with Crippen LogP contribution >= 0.6 is 11.6 Å². The van der Waals surface area contributed by atoms with Gasteiger partial charge in [-0.1, -0.05) is 11.6 Å². The maximum absolute atomic E-state index is 13.1. The van der Waals surface area contributed by atoms with Crippen molar-refractivity contribution in [3.8, 4) is 5.75 Å². The van der Waals surface area contributed by atoms with E-state index in [4.69, 9.17) is 16.3 Å². The van der Waals surface area contributed by atoms with E-state index in [0.717, 1.165) is 26.1 Å². The van der Waals surface area contributed by atoms with Crippen molar-refractivity contribution in [1.82, 2.24) is 14.8 Å². The van der Waals surface area contributed by atoms with E-state index in [2.05, 4.69) is 9.88 Å². The summed E-state index contributed by atoms with van der Waals surface area (Å²) in [5.41, 5.74) is 1.98. The van der Waals surface area contributed by atoms with Crippen LogP contribution in [-0.2, 0) is 16.0 Å². The van der Waals surface area contributed by atoms with E-state index in [1.54, 1.807) is 30.2 Å². The Balaban J connectivity index is 1.29. The molecule has 3 heterocycles. The Bertz CT molecular complexity index is 932. The first kappa shape index (κ1) is 21.6. The molecule has 1 unspecified atom stereocenters. The summed E-state index contributed by atoms with van der Waals surface area (Å²) in [4.78, 5) is 35.6. The summed E-state index contributed by atoms with van der Waals surface area (Å²) in [6.07, 6.45) is 4.85. The summed E-state index contributed by atoms with van der Waals surface area (Å²) in [5.74, 6) is 0.281. The fourth-order valence-electron chi connectivity index (χ4n) is 4.23. The molecule has 0 radical (unpaired) electrons. The van der Waals surface area contributed by atoms with Crippen LogP contribution in [-0.4, -0.2) is 73.0 Å². The zero-order valence-corrected chi connectivity index (χ0v) is 18.4. The number of ether oxygens (including phenoxy) is 1. The number of hydrogen-bond donors (Lipinski definition) is 0. The van der Waals surface area contributed by atoms with Crippen molar-refractivity contribution in [3.05, 3.63) is 53.3 Å². The van der Waals surface area contributed by atoms with E-state index in [1.807, 2.05) is 29.4 Å². The Morgan fingerprint density at radius 1 is 1.16 bits per heavy atom. The highest BCUT2D eigenvalue weighted by Crippen LogP contribution is 2.32. The number of carbonyl (C=O) groups is 2. The Kier molecular flexibility index (Phi) is 6.73. The van der Waals surface area contributed by atoms with E-state index < -0.39 is 0 Å². The van der Waals surface area contributed by atoms with Gasteiger partial charge >= 0.3 is 0 Å². The standard InChI is InChI=1S/C23H27ClN4O3/c1-31-21-3-2-19(15-20(21)24)28-16-18(14-22(28)29)23(30)27-12-10-26(11-13-27)9-6-17-4-7-25-8-5-17/h2-5,7-8,15,18H,6,9-14,16H2,1H3. The number of benzene rings is 1. The number of methoxy groups -OCH3 is 1. The highest BCUT2D eigenvalue weighted by Gasteiger charge is 2.38. The average Bonchev–Trinajstić information content (AvgIpc) is 3.19. The van der Waals surface area contributed by atoms with E-state index >= 15 is 0 Å². The number of rotatable bonds is 6. The van der Waals surface area contributed by atoms with Gasteiger partial charge in [-0.15, -0.1) is 0 Å². The van der Waals surface area contributed by atoms with E-state index in [1.165, 1.54) is 5.56 Å². The number of halogens is 1. The molecule has 0 bridgehead atoms. The lowest BCUT2D eigenvalue weighted by Crippen LogP contribution is -2.51. The second kappa shape index (κ2) is 9.66. The van der Waals surface area contributed by atoms with Crippen molar-refractivity contribution in [2.75, 3.05) is 51.3 Å². The van der Waals surface area contributed by atoms with Crippen molar-refractivity contribution in [2.24, 2.45) is 5.92 Å². The minimum Gasteiger partial charge on any atom is -0.495 e. The Labute approximate surface area is 187 Å². The van der Waals surface area contributed by atoms with E-state index in [0.29, 0.717) is 36.1 Å². The lowest BCUT2D eigenvalue weighted by atomic mass is 10.1. The SMILES string of the molecule is COc1ccc(N2CC(C(=O)N3CCN(CCc4ccncc4)CC3)CC2=O)cc1Cl. The quantitative estimate of drug-likeness (QED) is 0.687. The smallest absolute Gasteiger partial charge is 0.228 e. The lowest BCUT2D eigenvalue weighted by molar-refractivity contribution is -0.137. The van der Waals surface area contributed by atoms with Gasteiger partial charge in [-0.2, -0.15) is 0 Å². The summed E-state index contributed by atoms with van der Waals surface area (Å²) in [6, 6.07) is 9.34. The summed E-state index contributed by atoms with van der Waals surface area (Å²) in [5, 5.41) is 0.450. The number of carbonyl (C=O) groups excluding carboxylic acids is 2. The molecule has 0 saturated carbocycles. The normalized spacial score (nSPS) is 19.7. The van der Waals surface area contributed by atoms with Crippen LogP contribution < -0.4 is 9.64 Å². The molecule has 31 heavy (non-hydrogen) atoms. The molecular weight excluding hydrogens is 416 g/mol. The molecule has 2 aliphatic rings. The molecule has 2 aliphatic heterocycles. The van der Waals surface area contributed by atoms with Crippen LogP contribution in [0.4, 0.5) is 5.69 Å². The van der Waals surface area contributed by atoms with E-state index in [-0.39, 0.29) is 24.2 Å². The van der Waals surface area contributed by atoms with Crippen LogP contribution in [0.25, 0.3) is 0 Å². The molecule has 164 valence electrons. The first-order valence-corrected chi connectivity index (χ1v) is 11.0. The third-order valence-corrected chi connectivity index (χ3v) is 6.37. The van der Waals surface area contributed by atoms with Crippen molar-refractivity contribution in [3.63, 3.8) is 0 Å². The second-order valence-electron chi connectivity index (χ2n) is 8.00. The topological polar surface area (TPSA) is 66.0 Å². The molecule has 0 N–H and O–H groups in total. The van der Waals surface area contributed by atoms with Gasteiger partial charge in [0.25, 0.3) is 0 Å². The van der Waals surface area contributed by atoms with E-state index in [9.17, 15) is 9.59 Å². The van der Waals surface area contributed by atoms with Crippen LogP contribution in [0, 0.1) is 5.92 Å². The predicted molar refractivity (Wildman–Crippen MR) is 119 cm³/mol. The number of hydrogen-bond acceptors (Lipinski definition) is 5. The van der Waals surface area contributed by atoms with Crippen LogP contribution in [0.15, 0.2) is 42.7 Å². The first-order valence-electron chi connectivity index (χ1n) is 10.6. The average molecular weight is 443 g/mol. The number of pyridine rings is 1. The number of amides is 2. The molecule has 2 fully saturated rings. The fraction of sp³-hybridized carbons (Fsp3) is 0.435. The van der Waals surface area contributed by atoms with Gasteiger partial charge in [-0.3, -0.25) is 19.5 Å². The molecule has 1 aromatic heterocycles. The molecule has 2 aromatic rings. The van der Waals surface area contributed by atoms with Gasteiger partial charge in [0, 0.05) is 63.8 Å². The van der Waals surface area contributed by atoms with Crippen LogP contribution in [0.3, 0.4) is 0 Å². The van der Waals surface area contributed by atoms with Gasteiger partial charge in [0.2, 0.25) is 11.8 Å². The Morgan fingerprint density at radius 2 is 1.90 bits per heavy atom. The molecular formula is C23H27ClN4O3. The predicted octanol–water partition coefficient (Wildman–Crippen LogP) is 2.48. The van der Waals surface area contributed by atoms with Gasteiger partial charge < -0.3 is 14.5 Å². The fourth-order valence-corrected chi connectivity index (χ4v) is 4.48. The highest BCUT2D eigenvalue weighted by atomic mass is 35.5. The molecule has 1 atom stereocenters. The maximum Gasteiger partial charge on any atom is 0.228 e. The number of anilines is 1. The number of nitrogens with zero attached hydrogens (tertiary/aromatic N) is 4. The number of piperazine rings is 1. The van der Waals surface area contributed by atoms with Crippen LogP contribution in [0.5, 0.6) is 5.75 Å². The van der Waals surface area contributed by atoms with Crippen LogP contribution in [0.2, 0.25) is 5.02 Å². The summed E-state index contributed by atoms with van der Waals surface area (Å²) >= 11 is 6.21. The molecule has 7 nitrogen and oxygen atoms in total.